The summed E-state index contributed by atoms with van der Waals surface area (Å²) in [5.41, 5.74) is 2.69. The molecule has 0 aliphatic carbocycles. The molecule has 0 bridgehead atoms. The molecule has 0 atom stereocenters. The molecule has 8 heteroatoms. The van der Waals surface area contributed by atoms with Crippen LogP contribution in [0.5, 0.6) is 0 Å². The van der Waals surface area contributed by atoms with Crippen LogP contribution in [0.2, 0.25) is 10.0 Å². The fraction of sp³-hybridized carbons (Fsp3) is 0.0625. The van der Waals surface area contributed by atoms with Gasteiger partial charge in [0, 0.05) is 11.1 Å². The van der Waals surface area contributed by atoms with E-state index in [0.717, 1.165) is 0 Å². The number of amides is 2. The minimum Gasteiger partial charge on any atom is -0.343 e. The SMILES string of the molecule is O=C(CNC(=O)c1ccc(Cl)c(Cl)c1)N/N=C/c1ccccc1F. The lowest BCUT2D eigenvalue weighted by atomic mass is 10.2. The highest BCUT2D eigenvalue weighted by Crippen LogP contribution is 2.22. The molecule has 0 saturated carbocycles. The van der Waals surface area contributed by atoms with E-state index < -0.39 is 17.6 Å². The van der Waals surface area contributed by atoms with Gasteiger partial charge in [0.2, 0.25) is 0 Å². The minimum atomic E-state index is -0.559. The molecule has 0 radical (unpaired) electrons. The Morgan fingerprint density at radius 1 is 1.12 bits per heavy atom. The molecular weight excluding hydrogens is 356 g/mol. The van der Waals surface area contributed by atoms with Gasteiger partial charge in [0.05, 0.1) is 22.8 Å². The van der Waals surface area contributed by atoms with E-state index >= 15 is 0 Å². The highest BCUT2D eigenvalue weighted by atomic mass is 35.5. The van der Waals surface area contributed by atoms with E-state index in [1.54, 1.807) is 12.1 Å². The standard InChI is InChI=1S/C16H12Cl2FN3O2/c17-12-6-5-10(7-13(12)18)16(24)20-9-15(23)22-21-8-11-3-1-2-4-14(11)19/h1-8H,9H2,(H,20,24)(H,22,23)/b21-8+. The number of halogens is 3. The second-order valence-electron chi connectivity index (χ2n) is 4.63. The predicted octanol–water partition coefficient (Wildman–Crippen LogP) is 3.01. The Hall–Kier alpha value is -2.44. The van der Waals surface area contributed by atoms with Crippen LogP contribution >= 0.6 is 23.2 Å². The van der Waals surface area contributed by atoms with Crippen LogP contribution in [-0.2, 0) is 4.79 Å². The molecular formula is C16H12Cl2FN3O2. The Bertz CT molecular complexity index is 797. The zero-order valence-electron chi connectivity index (χ0n) is 12.2. The van der Waals surface area contributed by atoms with E-state index in [4.69, 9.17) is 23.2 Å². The van der Waals surface area contributed by atoms with Crippen molar-refractivity contribution in [3.05, 3.63) is 69.5 Å². The maximum atomic E-state index is 13.3. The van der Waals surface area contributed by atoms with Crippen molar-refractivity contribution in [2.45, 2.75) is 0 Å². The highest BCUT2D eigenvalue weighted by molar-refractivity contribution is 6.42. The van der Waals surface area contributed by atoms with E-state index in [2.05, 4.69) is 15.8 Å². The lowest BCUT2D eigenvalue weighted by molar-refractivity contribution is -0.120. The first-order chi connectivity index (χ1) is 11.5. The summed E-state index contributed by atoms with van der Waals surface area (Å²) >= 11 is 11.6. The molecule has 0 aliphatic heterocycles. The van der Waals surface area contributed by atoms with Gasteiger partial charge in [-0.25, -0.2) is 9.82 Å². The van der Waals surface area contributed by atoms with Crippen LogP contribution in [0.25, 0.3) is 0 Å². The van der Waals surface area contributed by atoms with E-state index in [-0.39, 0.29) is 22.7 Å². The normalized spacial score (nSPS) is 10.6. The lowest BCUT2D eigenvalue weighted by Crippen LogP contribution is -2.34. The highest BCUT2D eigenvalue weighted by Gasteiger charge is 2.09. The van der Waals surface area contributed by atoms with Gasteiger partial charge in [-0.2, -0.15) is 5.10 Å². The van der Waals surface area contributed by atoms with Gasteiger partial charge < -0.3 is 5.32 Å². The van der Waals surface area contributed by atoms with Crippen molar-refractivity contribution < 1.29 is 14.0 Å². The molecule has 0 heterocycles. The van der Waals surface area contributed by atoms with Crippen molar-refractivity contribution in [2.24, 2.45) is 5.10 Å². The van der Waals surface area contributed by atoms with Gasteiger partial charge in [-0.3, -0.25) is 9.59 Å². The molecule has 0 fully saturated rings. The van der Waals surface area contributed by atoms with Gasteiger partial charge in [-0.15, -0.1) is 0 Å². The molecule has 0 unspecified atom stereocenters. The Morgan fingerprint density at radius 2 is 1.88 bits per heavy atom. The maximum Gasteiger partial charge on any atom is 0.259 e. The summed E-state index contributed by atoms with van der Waals surface area (Å²) in [5, 5.41) is 6.60. The third-order valence-corrected chi connectivity index (χ3v) is 3.63. The first-order valence-corrected chi connectivity index (χ1v) is 7.52. The summed E-state index contributed by atoms with van der Waals surface area (Å²) in [4.78, 5) is 23.5. The van der Waals surface area contributed by atoms with Gasteiger partial charge >= 0.3 is 0 Å². The number of hydrazone groups is 1. The summed E-state index contributed by atoms with van der Waals surface area (Å²) in [6.07, 6.45) is 1.17. The topological polar surface area (TPSA) is 70.6 Å². The van der Waals surface area contributed by atoms with Crippen molar-refractivity contribution >= 4 is 41.2 Å². The van der Waals surface area contributed by atoms with Crippen LogP contribution in [-0.4, -0.2) is 24.6 Å². The van der Waals surface area contributed by atoms with Crippen molar-refractivity contribution in [1.29, 1.82) is 0 Å². The number of hydrogen-bond acceptors (Lipinski definition) is 3. The van der Waals surface area contributed by atoms with Crippen LogP contribution < -0.4 is 10.7 Å². The number of carbonyl (C=O) groups excluding carboxylic acids is 2. The molecule has 0 aromatic heterocycles. The largest absolute Gasteiger partial charge is 0.343 e. The molecule has 2 aromatic rings. The van der Waals surface area contributed by atoms with E-state index in [9.17, 15) is 14.0 Å². The number of rotatable bonds is 5. The zero-order chi connectivity index (χ0) is 17.5. The third-order valence-electron chi connectivity index (χ3n) is 2.89. The molecule has 2 N–H and O–H groups in total. The molecule has 0 saturated heterocycles. The van der Waals surface area contributed by atoms with Crippen LogP contribution in [0.4, 0.5) is 4.39 Å². The number of benzene rings is 2. The molecule has 5 nitrogen and oxygen atoms in total. The van der Waals surface area contributed by atoms with Crippen molar-refractivity contribution in [2.75, 3.05) is 6.54 Å². The van der Waals surface area contributed by atoms with E-state index in [0.29, 0.717) is 5.02 Å². The summed E-state index contributed by atoms with van der Waals surface area (Å²) in [5.74, 6) is -1.50. The maximum absolute atomic E-state index is 13.3. The third kappa shape index (κ3) is 5.04. The Labute approximate surface area is 147 Å². The first kappa shape index (κ1) is 17.9. The van der Waals surface area contributed by atoms with E-state index in [1.807, 2.05) is 0 Å². The number of nitrogens with zero attached hydrogens (tertiary/aromatic N) is 1. The van der Waals surface area contributed by atoms with Crippen LogP contribution in [0, 0.1) is 5.82 Å². The Kier molecular flexibility index (Phi) is 6.28. The van der Waals surface area contributed by atoms with Crippen LogP contribution in [0.15, 0.2) is 47.6 Å². The van der Waals surface area contributed by atoms with Gasteiger partial charge in [0.15, 0.2) is 0 Å². The van der Waals surface area contributed by atoms with Gasteiger partial charge in [0.25, 0.3) is 11.8 Å². The van der Waals surface area contributed by atoms with Crippen LogP contribution in [0.3, 0.4) is 0 Å². The average Bonchev–Trinajstić information content (AvgIpc) is 2.57. The average molecular weight is 368 g/mol. The molecule has 2 aromatic carbocycles. The lowest BCUT2D eigenvalue weighted by Gasteiger charge is -2.05. The molecule has 24 heavy (non-hydrogen) atoms. The van der Waals surface area contributed by atoms with Crippen molar-refractivity contribution in [1.82, 2.24) is 10.7 Å². The zero-order valence-corrected chi connectivity index (χ0v) is 13.7. The monoisotopic (exact) mass is 367 g/mol. The van der Waals surface area contributed by atoms with Gasteiger partial charge in [-0.05, 0) is 24.3 Å². The van der Waals surface area contributed by atoms with Crippen LogP contribution in [0.1, 0.15) is 15.9 Å². The minimum absolute atomic E-state index is 0.234. The fourth-order valence-electron chi connectivity index (χ4n) is 1.69. The van der Waals surface area contributed by atoms with Gasteiger partial charge in [-0.1, -0.05) is 41.4 Å². The second-order valence-corrected chi connectivity index (χ2v) is 5.44. The second kappa shape index (κ2) is 8.42. The predicted molar refractivity (Wildman–Crippen MR) is 90.9 cm³/mol. The number of carbonyl (C=O) groups is 2. The van der Waals surface area contributed by atoms with Crippen molar-refractivity contribution in [3.8, 4) is 0 Å². The number of hydrogen-bond donors (Lipinski definition) is 2. The summed E-state index contributed by atoms with van der Waals surface area (Å²) in [6.45, 7) is -0.298. The molecule has 0 spiro atoms. The van der Waals surface area contributed by atoms with Gasteiger partial charge in [0.1, 0.15) is 5.82 Å². The Balaban J connectivity index is 1.83. The summed E-state index contributed by atoms with van der Waals surface area (Å²) in [7, 11) is 0. The molecule has 2 rings (SSSR count). The molecule has 2 amide bonds. The smallest absolute Gasteiger partial charge is 0.259 e. The first-order valence-electron chi connectivity index (χ1n) is 6.77. The van der Waals surface area contributed by atoms with E-state index in [1.165, 1.54) is 36.5 Å². The quantitative estimate of drug-likeness (QED) is 0.629. The Morgan fingerprint density at radius 3 is 2.58 bits per heavy atom. The fourth-order valence-corrected chi connectivity index (χ4v) is 1.99. The van der Waals surface area contributed by atoms with Crippen molar-refractivity contribution in [3.63, 3.8) is 0 Å². The molecule has 124 valence electrons. The number of nitrogens with one attached hydrogen (secondary N) is 2. The molecule has 0 aliphatic rings. The summed E-state index contributed by atoms with van der Waals surface area (Å²) in [6, 6.07) is 10.3. The summed E-state index contributed by atoms with van der Waals surface area (Å²) < 4.78 is 13.3.